The molecular weight excluding hydrogens is 420 g/mol. The van der Waals surface area contributed by atoms with Gasteiger partial charge >= 0.3 is 0 Å². The molecule has 1 heterocycles. The molecule has 0 spiro atoms. The van der Waals surface area contributed by atoms with Gasteiger partial charge in [0, 0.05) is 49.2 Å². The molecule has 0 unspecified atom stereocenters. The van der Waals surface area contributed by atoms with Crippen molar-refractivity contribution in [3.8, 4) is 0 Å². The van der Waals surface area contributed by atoms with Crippen LogP contribution in [0.15, 0.2) is 48.5 Å². The van der Waals surface area contributed by atoms with E-state index in [0.717, 1.165) is 31.6 Å². The standard InChI is InChI=1S/C25H32N4O4/c1-33-17-14-26-24(31)19-6-10-21(11-7-19)27-18-23(30)28-22-12-8-20(9-13-22)25(32)29-15-4-2-3-5-16-29/h6-13,27H,2-5,14-18H2,1H3,(H,26,31)(H,28,30). The number of rotatable bonds is 9. The van der Waals surface area contributed by atoms with Gasteiger partial charge in [-0.3, -0.25) is 14.4 Å². The Bertz CT molecular complexity index is 920. The highest BCUT2D eigenvalue weighted by molar-refractivity contribution is 5.97. The highest BCUT2D eigenvalue weighted by Crippen LogP contribution is 2.16. The lowest BCUT2D eigenvalue weighted by atomic mass is 10.1. The van der Waals surface area contributed by atoms with Crippen molar-refractivity contribution in [2.24, 2.45) is 0 Å². The van der Waals surface area contributed by atoms with E-state index in [-0.39, 0.29) is 24.3 Å². The van der Waals surface area contributed by atoms with E-state index in [2.05, 4.69) is 16.0 Å². The number of hydrogen-bond donors (Lipinski definition) is 3. The first-order valence-electron chi connectivity index (χ1n) is 11.4. The summed E-state index contributed by atoms with van der Waals surface area (Å²) in [6, 6.07) is 13.9. The van der Waals surface area contributed by atoms with Crippen LogP contribution in [0.4, 0.5) is 11.4 Å². The van der Waals surface area contributed by atoms with E-state index in [4.69, 9.17) is 4.74 Å². The zero-order chi connectivity index (χ0) is 23.5. The van der Waals surface area contributed by atoms with Crippen molar-refractivity contribution in [1.29, 1.82) is 0 Å². The summed E-state index contributed by atoms with van der Waals surface area (Å²) >= 11 is 0. The minimum absolute atomic E-state index is 0.0484. The molecule has 0 aliphatic carbocycles. The summed E-state index contributed by atoms with van der Waals surface area (Å²) in [4.78, 5) is 38.9. The number of anilines is 2. The third-order valence-electron chi connectivity index (χ3n) is 5.50. The summed E-state index contributed by atoms with van der Waals surface area (Å²) in [5, 5.41) is 8.62. The molecule has 0 saturated carbocycles. The molecule has 1 aliphatic rings. The molecule has 0 aromatic heterocycles. The van der Waals surface area contributed by atoms with Crippen LogP contribution in [0.2, 0.25) is 0 Å². The summed E-state index contributed by atoms with van der Waals surface area (Å²) in [5.41, 5.74) is 2.55. The fourth-order valence-corrected chi connectivity index (χ4v) is 3.65. The molecule has 1 fully saturated rings. The second kappa shape index (κ2) is 12.6. The van der Waals surface area contributed by atoms with Gasteiger partial charge in [0.05, 0.1) is 13.2 Å². The SMILES string of the molecule is COCCNC(=O)c1ccc(NCC(=O)Nc2ccc(C(=O)N3CCCCCC3)cc2)cc1. The number of benzene rings is 2. The fraction of sp³-hybridized carbons (Fsp3) is 0.400. The third kappa shape index (κ3) is 7.61. The van der Waals surface area contributed by atoms with Gasteiger partial charge in [-0.25, -0.2) is 0 Å². The van der Waals surface area contributed by atoms with Crippen LogP contribution in [0.25, 0.3) is 0 Å². The summed E-state index contributed by atoms with van der Waals surface area (Å²) in [6.07, 6.45) is 4.46. The first kappa shape index (κ1) is 24.3. The van der Waals surface area contributed by atoms with Crippen LogP contribution >= 0.6 is 0 Å². The van der Waals surface area contributed by atoms with Gasteiger partial charge in [-0.1, -0.05) is 12.8 Å². The molecule has 8 heteroatoms. The van der Waals surface area contributed by atoms with Gasteiger partial charge in [-0.15, -0.1) is 0 Å². The highest BCUT2D eigenvalue weighted by atomic mass is 16.5. The molecule has 3 amide bonds. The second-order valence-corrected chi connectivity index (χ2v) is 8.01. The number of nitrogens with one attached hydrogen (secondary N) is 3. The summed E-state index contributed by atoms with van der Waals surface area (Å²) in [5.74, 6) is -0.329. The van der Waals surface area contributed by atoms with E-state index in [1.54, 1.807) is 55.6 Å². The average molecular weight is 453 g/mol. The van der Waals surface area contributed by atoms with E-state index >= 15 is 0 Å². The largest absolute Gasteiger partial charge is 0.383 e. The number of carbonyl (C=O) groups excluding carboxylic acids is 3. The van der Waals surface area contributed by atoms with Crippen molar-refractivity contribution < 1.29 is 19.1 Å². The molecule has 2 aromatic rings. The Morgan fingerprint density at radius 3 is 2.09 bits per heavy atom. The molecular formula is C25H32N4O4. The predicted octanol–water partition coefficient (Wildman–Crippen LogP) is 3.13. The minimum Gasteiger partial charge on any atom is -0.383 e. The van der Waals surface area contributed by atoms with E-state index in [9.17, 15) is 14.4 Å². The number of hydrogen-bond acceptors (Lipinski definition) is 5. The second-order valence-electron chi connectivity index (χ2n) is 8.01. The maximum atomic E-state index is 12.7. The lowest BCUT2D eigenvalue weighted by Crippen LogP contribution is -2.31. The topological polar surface area (TPSA) is 99.8 Å². The Morgan fingerprint density at radius 1 is 0.848 bits per heavy atom. The number of likely N-dealkylation sites (tertiary alicyclic amines) is 1. The molecule has 3 N–H and O–H groups in total. The molecule has 0 bridgehead atoms. The molecule has 8 nitrogen and oxygen atoms in total. The van der Waals surface area contributed by atoms with Crippen molar-refractivity contribution in [1.82, 2.24) is 10.2 Å². The van der Waals surface area contributed by atoms with Crippen LogP contribution in [0.3, 0.4) is 0 Å². The molecule has 1 saturated heterocycles. The van der Waals surface area contributed by atoms with Gasteiger partial charge < -0.3 is 25.6 Å². The van der Waals surface area contributed by atoms with Gasteiger partial charge in [0.1, 0.15) is 0 Å². The van der Waals surface area contributed by atoms with Gasteiger partial charge in [0.25, 0.3) is 11.8 Å². The van der Waals surface area contributed by atoms with Crippen molar-refractivity contribution in [3.63, 3.8) is 0 Å². The third-order valence-corrected chi connectivity index (χ3v) is 5.50. The first-order valence-corrected chi connectivity index (χ1v) is 11.4. The minimum atomic E-state index is -0.206. The number of nitrogens with zero attached hydrogens (tertiary/aromatic N) is 1. The summed E-state index contributed by atoms with van der Waals surface area (Å²) in [6.45, 7) is 2.60. The molecule has 0 atom stereocenters. The summed E-state index contributed by atoms with van der Waals surface area (Å²) in [7, 11) is 1.58. The number of methoxy groups -OCH3 is 1. The van der Waals surface area contributed by atoms with Crippen LogP contribution in [0.1, 0.15) is 46.4 Å². The van der Waals surface area contributed by atoms with Crippen LogP contribution in [0.5, 0.6) is 0 Å². The van der Waals surface area contributed by atoms with Crippen molar-refractivity contribution in [2.45, 2.75) is 25.7 Å². The highest BCUT2D eigenvalue weighted by Gasteiger charge is 2.17. The molecule has 1 aliphatic heterocycles. The molecule has 2 aromatic carbocycles. The van der Waals surface area contributed by atoms with Gasteiger partial charge in [0.2, 0.25) is 5.91 Å². The Labute approximate surface area is 194 Å². The number of ether oxygens (including phenoxy) is 1. The number of carbonyl (C=O) groups is 3. The fourth-order valence-electron chi connectivity index (χ4n) is 3.65. The van der Waals surface area contributed by atoms with Crippen molar-refractivity contribution >= 4 is 29.1 Å². The average Bonchev–Trinajstić information content (AvgIpc) is 3.13. The van der Waals surface area contributed by atoms with E-state index < -0.39 is 0 Å². The lowest BCUT2D eigenvalue weighted by molar-refractivity contribution is -0.114. The molecule has 0 radical (unpaired) electrons. The Hall–Kier alpha value is -3.39. The van der Waals surface area contributed by atoms with Crippen LogP contribution in [-0.4, -0.2) is 62.5 Å². The Kier molecular flexibility index (Phi) is 9.26. The summed E-state index contributed by atoms with van der Waals surface area (Å²) < 4.78 is 4.91. The quantitative estimate of drug-likeness (QED) is 0.508. The predicted molar refractivity (Wildman–Crippen MR) is 129 cm³/mol. The van der Waals surface area contributed by atoms with Crippen LogP contribution in [-0.2, 0) is 9.53 Å². The zero-order valence-electron chi connectivity index (χ0n) is 19.1. The van der Waals surface area contributed by atoms with Gasteiger partial charge in [-0.2, -0.15) is 0 Å². The lowest BCUT2D eigenvalue weighted by Gasteiger charge is -2.20. The first-order chi connectivity index (χ1) is 16.1. The van der Waals surface area contributed by atoms with Crippen LogP contribution < -0.4 is 16.0 Å². The van der Waals surface area contributed by atoms with Crippen molar-refractivity contribution in [3.05, 3.63) is 59.7 Å². The van der Waals surface area contributed by atoms with Crippen LogP contribution in [0, 0.1) is 0 Å². The molecule has 3 rings (SSSR count). The molecule has 33 heavy (non-hydrogen) atoms. The number of amides is 3. The Morgan fingerprint density at radius 2 is 1.45 bits per heavy atom. The zero-order valence-corrected chi connectivity index (χ0v) is 19.1. The Balaban J connectivity index is 1.45. The normalized spacial score (nSPS) is 13.7. The maximum absolute atomic E-state index is 12.7. The van der Waals surface area contributed by atoms with E-state index in [1.807, 2.05) is 4.90 Å². The van der Waals surface area contributed by atoms with E-state index in [1.165, 1.54) is 12.8 Å². The molecule has 176 valence electrons. The monoisotopic (exact) mass is 452 g/mol. The van der Waals surface area contributed by atoms with E-state index in [0.29, 0.717) is 30.0 Å². The van der Waals surface area contributed by atoms with Gasteiger partial charge in [-0.05, 0) is 61.4 Å². The smallest absolute Gasteiger partial charge is 0.253 e. The van der Waals surface area contributed by atoms with Crippen molar-refractivity contribution in [2.75, 3.05) is 50.5 Å². The van der Waals surface area contributed by atoms with Gasteiger partial charge in [0.15, 0.2) is 0 Å². The maximum Gasteiger partial charge on any atom is 0.253 e.